The highest BCUT2D eigenvalue weighted by Gasteiger charge is 2.13. The molecular formula is C21H18BrNO3. The second-order valence-electron chi connectivity index (χ2n) is 5.44. The Morgan fingerprint density at radius 1 is 0.808 bits per heavy atom. The van der Waals surface area contributed by atoms with Gasteiger partial charge >= 0.3 is 0 Å². The van der Waals surface area contributed by atoms with E-state index in [1.54, 1.807) is 12.1 Å². The molecule has 0 bridgehead atoms. The van der Waals surface area contributed by atoms with E-state index in [1.807, 2.05) is 66.7 Å². The van der Waals surface area contributed by atoms with Gasteiger partial charge in [-0.3, -0.25) is 4.79 Å². The molecule has 0 heterocycles. The van der Waals surface area contributed by atoms with Crippen LogP contribution in [0.25, 0.3) is 0 Å². The minimum atomic E-state index is -0.225. The second-order valence-corrected chi connectivity index (χ2v) is 6.29. The number of amides is 1. The quantitative estimate of drug-likeness (QED) is 0.546. The van der Waals surface area contributed by atoms with E-state index in [1.165, 1.54) is 0 Å². The number of halogens is 1. The molecule has 1 amide bonds. The lowest BCUT2D eigenvalue weighted by Gasteiger charge is -2.13. The molecule has 0 radical (unpaired) electrons. The molecule has 4 nitrogen and oxygen atoms in total. The van der Waals surface area contributed by atoms with Gasteiger partial charge in [0.2, 0.25) is 0 Å². The lowest BCUT2D eigenvalue weighted by atomic mass is 10.2. The Bertz CT molecular complexity index is 868. The predicted molar refractivity (Wildman–Crippen MR) is 106 cm³/mol. The molecule has 0 unspecified atom stereocenters. The molecule has 3 rings (SSSR count). The topological polar surface area (TPSA) is 47.6 Å². The maximum absolute atomic E-state index is 12.6. The average molecular weight is 412 g/mol. The number of hydrogen-bond acceptors (Lipinski definition) is 3. The molecule has 3 aromatic carbocycles. The minimum absolute atomic E-state index is 0.225. The largest absolute Gasteiger partial charge is 0.490 e. The Balaban J connectivity index is 1.60. The number of ether oxygens (including phenoxy) is 2. The third-order valence-electron chi connectivity index (χ3n) is 3.61. The summed E-state index contributed by atoms with van der Waals surface area (Å²) in [6, 6.07) is 24.2. The van der Waals surface area contributed by atoms with E-state index in [0.29, 0.717) is 30.2 Å². The molecule has 0 aliphatic heterocycles. The van der Waals surface area contributed by atoms with E-state index in [0.717, 1.165) is 10.2 Å². The zero-order valence-electron chi connectivity index (χ0n) is 14.0. The molecule has 0 fully saturated rings. The summed E-state index contributed by atoms with van der Waals surface area (Å²) in [5.74, 6) is 1.08. The van der Waals surface area contributed by atoms with E-state index in [4.69, 9.17) is 9.47 Å². The Labute approximate surface area is 160 Å². The first-order valence-corrected chi connectivity index (χ1v) is 8.99. The molecule has 0 saturated carbocycles. The van der Waals surface area contributed by atoms with Gasteiger partial charge in [-0.2, -0.15) is 0 Å². The van der Waals surface area contributed by atoms with Gasteiger partial charge < -0.3 is 14.8 Å². The molecule has 0 aliphatic carbocycles. The molecule has 0 aromatic heterocycles. The van der Waals surface area contributed by atoms with Crippen molar-refractivity contribution in [3.63, 3.8) is 0 Å². The van der Waals surface area contributed by atoms with Crippen molar-refractivity contribution in [2.24, 2.45) is 0 Å². The molecule has 132 valence electrons. The van der Waals surface area contributed by atoms with E-state index < -0.39 is 0 Å². The number of nitrogens with one attached hydrogen (secondary N) is 1. The van der Waals surface area contributed by atoms with E-state index in [2.05, 4.69) is 21.2 Å². The summed E-state index contributed by atoms with van der Waals surface area (Å²) in [5, 5.41) is 2.89. The number of hydrogen-bond donors (Lipinski definition) is 1. The summed E-state index contributed by atoms with van der Waals surface area (Å²) in [5.41, 5.74) is 1.18. The zero-order chi connectivity index (χ0) is 18.2. The van der Waals surface area contributed by atoms with Gasteiger partial charge in [0.05, 0.1) is 11.3 Å². The molecule has 0 spiro atoms. The van der Waals surface area contributed by atoms with Crippen molar-refractivity contribution < 1.29 is 14.3 Å². The van der Waals surface area contributed by atoms with Gasteiger partial charge in [-0.1, -0.05) is 42.5 Å². The molecule has 26 heavy (non-hydrogen) atoms. The fraction of sp³-hybridized carbons (Fsp3) is 0.0952. The summed E-state index contributed by atoms with van der Waals surface area (Å²) in [6.45, 7) is 0.735. The number of benzene rings is 3. The van der Waals surface area contributed by atoms with Crippen molar-refractivity contribution in [2.45, 2.75) is 0 Å². The highest BCUT2D eigenvalue weighted by atomic mass is 79.9. The minimum Gasteiger partial charge on any atom is -0.490 e. The van der Waals surface area contributed by atoms with Crippen molar-refractivity contribution in [3.05, 3.63) is 88.9 Å². The van der Waals surface area contributed by atoms with Crippen LogP contribution in [0, 0.1) is 0 Å². The molecule has 3 aromatic rings. The molecular weight excluding hydrogens is 394 g/mol. The van der Waals surface area contributed by atoms with Gasteiger partial charge in [0, 0.05) is 4.47 Å². The summed E-state index contributed by atoms with van der Waals surface area (Å²) in [4.78, 5) is 12.6. The van der Waals surface area contributed by atoms with Crippen molar-refractivity contribution in [1.29, 1.82) is 0 Å². The van der Waals surface area contributed by atoms with Gasteiger partial charge in [-0.05, 0) is 52.3 Å². The van der Waals surface area contributed by atoms with Crippen LogP contribution in [-0.2, 0) is 0 Å². The maximum Gasteiger partial charge on any atom is 0.259 e. The van der Waals surface area contributed by atoms with Gasteiger partial charge in [0.1, 0.15) is 24.7 Å². The molecule has 5 heteroatoms. The lowest BCUT2D eigenvalue weighted by Crippen LogP contribution is -2.15. The summed E-state index contributed by atoms with van der Waals surface area (Å²) >= 11 is 3.43. The van der Waals surface area contributed by atoms with Crippen LogP contribution in [0.1, 0.15) is 10.4 Å². The normalized spacial score (nSPS) is 10.2. The summed E-state index contributed by atoms with van der Waals surface area (Å²) < 4.78 is 12.2. The highest BCUT2D eigenvalue weighted by Crippen LogP contribution is 2.24. The van der Waals surface area contributed by atoms with Gasteiger partial charge in [0.25, 0.3) is 5.91 Å². The van der Waals surface area contributed by atoms with Crippen LogP contribution in [0.3, 0.4) is 0 Å². The van der Waals surface area contributed by atoms with E-state index in [-0.39, 0.29) is 5.91 Å². The number of anilines is 1. The van der Waals surface area contributed by atoms with Gasteiger partial charge in [0.15, 0.2) is 0 Å². The van der Waals surface area contributed by atoms with Crippen LogP contribution in [0.5, 0.6) is 11.5 Å². The molecule has 1 N–H and O–H groups in total. The molecule has 0 atom stereocenters. The standard InChI is InChI=1S/C21H18BrNO3/c22-18-11-5-6-12-19(18)23-21(24)17-10-4-7-13-20(17)26-15-14-25-16-8-2-1-3-9-16/h1-13H,14-15H2,(H,23,24). The summed E-state index contributed by atoms with van der Waals surface area (Å²) in [7, 11) is 0. The number of carbonyl (C=O) groups is 1. The SMILES string of the molecule is O=C(Nc1ccccc1Br)c1ccccc1OCCOc1ccccc1. The fourth-order valence-corrected chi connectivity index (χ4v) is 2.74. The smallest absolute Gasteiger partial charge is 0.259 e. The van der Waals surface area contributed by atoms with Crippen LogP contribution in [0.15, 0.2) is 83.3 Å². The van der Waals surface area contributed by atoms with E-state index in [9.17, 15) is 4.79 Å². The van der Waals surface area contributed by atoms with Crippen LogP contribution in [0.2, 0.25) is 0 Å². The Kier molecular flexibility index (Phi) is 6.28. The first kappa shape index (κ1) is 18.0. The van der Waals surface area contributed by atoms with Crippen LogP contribution in [-0.4, -0.2) is 19.1 Å². The average Bonchev–Trinajstić information content (AvgIpc) is 2.68. The van der Waals surface area contributed by atoms with Crippen molar-refractivity contribution in [2.75, 3.05) is 18.5 Å². The number of rotatable bonds is 7. The number of carbonyl (C=O) groups excluding carboxylic acids is 1. The van der Waals surface area contributed by atoms with Gasteiger partial charge in [-0.25, -0.2) is 0 Å². The van der Waals surface area contributed by atoms with Crippen molar-refractivity contribution >= 4 is 27.5 Å². The maximum atomic E-state index is 12.6. The van der Waals surface area contributed by atoms with Crippen LogP contribution < -0.4 is 14.8 Å². The third kappa shape index (κ3) is 4.86. The lowest BCUT2D eigenvalue weighted by molar-refractivity contribution is 0.102. The van der Waals surface area contributed by atoms with E-state index >= 15 is 0 Å². The molecule has 0 saturated heterocycles. The first-order chi connectivity index (χ1) is 12.7. The summed E-state index contributed by atoms with van der Waals surface area (Å²) in [6.07, 6.45) is 0. The van der Waals surface area contributed by atoms with Crippen molar-refractivity contribution in [3.8, 4) is 11.5 Å². The second kappa shape index (κ2) is 9.06. The monoisotopic (exact) mass is 411 g/mol. The van der Waals surface area contributed by atoms with Crippen LogP contribution in [0.4, 0.5) is 5.69 Å². The van der Waals surface area contributed by atoms with Gasteiger partial charge in [-0.15, -0.1) is 0 Å². The Hall–Kier alpha value is -2.79. The third-order valence-corrected chi connectivity index (χ3v) is 4.30. The predicted octanol–water partition coefficient (Wildman–Crippen LogP) is 5.16. The molecule has 0 aliphatic rings. The number of para-hydroxylation sites is 3. The first-order valence-electron chi connectivity index (χ1n) is 8.19. The highest BCUT2D eigenvalue weighted by molar-refractivity contribution is 9.10. The zero-order valence-corrected chi connectivity index (χ0v) is 15.6. The fourth-order valence-electron chi connectivity index (χ4n) is 2.36. The Morgan fingerprint density at radius 3 is 2.27 bits per heavy atom. The van der Waals surface area contributed by atoms with Crippen LogP contribution >= 0.6 is 15.9 Å². The Morgan fingerprint density at radius 2 is 1.46 bits per heavy atom. The van der Waals surface area contributed by atoms with Crippen molar-refractivity contribution in [1.82, 2.24) is 0 Å².